The van der Waals surface area contributed by atoms with Crippen molar-refractivity contribution in [2.45, 2.75) is 32.3 Å². The first-order chi connectivity index (χ1) is 4.66. The third-order valence-electron chi connectivity index (χ3n) is 1.93. The van der Waals surface area contributed by atoms with Gasteiger partial charge in [0.1, 0.15) is 5.60 Å². The number of ether oxygens (including phenoxy) is 2. The molecule has 0 aromatic rings. The van der Waals surface area contributed by atoms with Gasteiger partial charge in [0.05, 0.1) is 6.61 Å². The lowest BCUT2D eigenvalue weighted by molar-refractivity contribution is -0.0767. The van der Waals surface area contributed by atoms with Crippen LogP contribution in [0.4, 0.5) is 4.79 Å². The molecule has 3 heteroatoms. The summed E-state index contributed by atoms with van der Waals surface area (Å²) in [4.78, 5) is 10.6. The van der Waals surface area contributed by atoms with Crippen LogP contribution in [-0.4, -0.2) is 18.4 Å². The summed E-state index contributed by atoms with van der Waals surface area (Å²) < 4.78 is 9.58. The molecule has 0 spiro atoms. The second-order valence-corrected chi connectivity index (χ2v) is 2.75. The Labute approximate surface area is 60.3 Å². The molecule has 1 unspecified atom stereocenters. The van der Waals surface area contributed by atoms with E-state index >= 15 is 0 Å². The van der Waals surface area contributed by atoms with E-state index in [2.05, 4.69) is 4.74 Å². The van der Waals surface area contributed by atoms with Gasteiger partial charge in [-0.3, -0.25) is 0 Å². The summed E-state index contributed by atoms with van der Waals surface area (Å²) in [6, 6.07) is 0. The van der Waals surface area contributed by atoms with Crippen molar-refractivity contribution < 1.29 is 14.3 Å². The average molecular weight is 144 g/mol. The lowest BCUT2D eigenvalue weighted by atomic mass is 9.99. The molecule has 0 N–H and O–H groups in total. The van der Waals surface area contributed by atoms with Crippen molar-refractivity contribution >= 4 is 6.16 Å². The SMILES string of the molecule is CCC1(C)CCOC(=O)O1. The molecule has 1 aliphatic heterocycles. The van der Waals surface area contributed by atoms with Gasteiger partial charge in [0.25, 0.3) is 0 Å². The first-order valence-electron chi connectivity index (χ1n) is 3.52. The summed E-state index contributed by atoms with van der Waals surface area (Å²) in [5.41, 5.74) is -0.282. The minimum Gasteiger partial charge on any atom is -0.434 e. The summed E-state index contributed by atoms with van der Waals surface area (Å²) in [5.74, 6) is 0. The van der Waals surface area contributed by atoms with Gasteiger partial charge >= 0.3 is 6.16 Å². The first-order valence-corrected chi connectivity index (χ1v) is 3.52. The van der Waals surface area contributed by atoms with Crippen LogP contribution in [0.1, 0.15) is 26.7 Å². The molecule has 0 aromatic heterocycles. The van der Waals surface area contributed by atoms with E-state index in [4.69, 9.17) is 4.74 Å². The average Bonchev–Trinajstić information content (AvgIpc) is 1.88. The maximum absolute atomic E-state index is 10.6. The summed E-state index contributed by atoms with van der Waals surface area (Å²) in [6.45, 7) is 4.41. The summed E-state index contributed by atoms with van der Waals surface area (Å²) in [6.07, 6.45) is 1.12. The Balaban J connectivity index is 2.53. The monoisotopic (exact) mass is 144 g/mol. The molecule has 1 rings (SSSR count). The van der Waals surface area contributed by atoms with Crippen molar-refractivity contribution in [2.24, 2.45) is 0 Å². The van der Waals surface area contributed by atoms with Crippen LogP contribution in [0.2, 0.25) is 0 Å². The van der Waals surface area contributed by atoms with E-state index in [1.807, 2.05) is 13.8 Å². The minimum absolute atomic E-state index is 0.282. The molecule has 0 amide bonds. The van der Waals surface area contributed by atoms with Gasteiger partial charge in [-0.15, -0.1) is 0 Å². The third kappa shape index (κ3) is 1.40. The number of carbonyl (C=O) groups excluding carboxylic acids is 1. The van der Waals surface area contributed by atoms with Crippen LogP contribution in [-0.2, 0) is 9.47 Å². The molecule has 1 heterocycles. The van der Waals surface area contributed by atoms with Crippen molar-refractivity contribution in [1.82, 2.24) is 0 Å². The Bertz CT molecular complexity index is 144. The van der Waals surface area contributed by atoms with Gasteiger partial charge < -0.3 is 9.47 Å². The number of cyclic esters (lactones) is 2. The van der Waals surface area contributed by atoms with Crippen LogP contribution in [0.3, 0.4) is 0 Å². The molecular formula is C7H12O3. The highest BCUT2D eigenvalue weighted by molar-refractivity contribution is 5.61. The normalized spacial score (nSPS) is 32.8. The Hall–Kier alpha value is -0.730. The largest absolute Gasteiger partial charge is 0.508 e. The second-order valence-electron chi connectivity index (χ2n) is 2.75. The molecule has 3 nitrogen and oxygen atoms in total. The van der Waals surface area contributed by atoms with Crippen molar-refractivity contribution in [1.29, 1.82) is 0 Å². The molecule has 0 aromatic carbocycles. The molecule has 0 saturated carbocycles. The Morgan fingerprint density at radius 3 is 2.80 bits per heavy atom. The van der Waals surface area contributed by atoms with Crippen LogP contribution in [0.15, 0.2) is 0 Å². The zero-order valence-corrected chi connectivity index (χ0v) is 6.35. The molecule has 1 atom stereocenters. The molecular weight excluding hydrogens is 132 g/mol. The van der Waals surface area contributed by atoms with E-state index in [9.17, 15) is 4.79 Å². The lowest BCUT2D eigenvalue weighted by Gasteiger charge is -2.31. The Kier molecular flexibility index (Phi) is 1.83. The van der Waals surface area contributed by atoms with Crippen LogP contribution in [0.5, 0.6) is 0 Å². The number of hydrogen-bond acceptors (Lipinski definition) is 3. The van der Waals surface area contributed by atoms with E-state index < -0.39 is 6.16 Å². The van der Waals surface area contributed by atoms with Crippen molar-refractivity contribution in [3.05, 3.63) is 0 Å². The standard InChI is InChI=1S/C7H12O3/c1-3-7(2)4-5-9-6(8)10-7/h3-5H2,1-2H3. The van der Waals surface area contributed by atoms with Crippen molar-refractivity contribution in [2.75, 3.05) is 6.61 Å². The zero-order chi connectivity index (χ0) is 7.61. The molecule has 58 valence electrons. The Morgan fingerprint density at radius 2 is 2.40 bits per heavy atom. The van der Waals surface area contributed by atoms with E-state index in [0.717, 1.165) is 12.8 Å². The number of hydrogen-bond donors (Lipinski definition) is 0. The second kappa shape index (κ2) is 2.48. The molecule has 0 bridgehead atoms. The molecule has 1 saturated heterocycles. The lowest BCUT2D eigenvalue weighted by Crippen LogP contribution is -2.37. The van der Waals surface area contributed by atoms with E-state index in [1.165, 1.54) is 0 Å². The molecule has 1 fully saturated rings. The Morgan fingerprint density at radius 1 is 1.70 bits per heavy atom. The van der Waals surface area contributed by atoms with E-state index in [-0.39, 0.29) is 5.60 Å². The van der Waals surface area contributed by atoms with Gasteiger partial charge in [0.15, 0.2) is 0 Å². The van der Waals surface area contributed by atoms with Gasteiger partial charge in [-0.25, -0.2) is 4.79 Å². The molecule has 0 radical (unpaired) electrons. The van der Waals surface area contributed by atoms with Gasteiger partial charge in [0, 0.05) is 6.42 Å². The van der Waals surface area contributed by atoms with Crippen LogP contribution in [0.25, 0.3) is 0 Å². The predicted molar refractivity (Wildman–Crippen MR) is 35.7 cm³/mol. The maximum atomic E-state index is 10.6. The van der Waals surface area contributed by atoms with Crippen molar-refractivity contribution in [3.8, 4) is 0 Å². The third-order valence-corrected chi connectivity index (χ3v) is 1.93. The predicted octanol–water partition coefficient (Wildman–Crippen LogP) is 1.71. The quantitative estimate of drug-likeness (QED) is 0.525. The first kappa shape index (κ1) is 7.38. The fourth-order valence-corrected chi connectivity index (χ4v) is 0.881. The summed E-state index contributed by atoms with van der Waals surface area (Å²) in [5, 5.41) is 0. The van der Waals surface area contributed by atoms with Gasteiger partial charge in [0.2, 0.25) is 0 Å². The van der Waals surface area contributed by atoms with Gasteiger partial charge in [-0.05, 0) is 13.3 Å². The summed E-state index contributed by atoms with van der Waals surface area (Å²) in [7, 11) is 0. The highest BCUT2D eigenvalue weighted by Gasteiger charge is 2.31. The van der Waals surface area contributed by atoms with Crippen LogP contribution < -0.4 is 0 Å². The van der Waals surface area contributed by atoms with Crippen LogP contribution >= 0.6 is 0 Å². The zero-order valence-electron chi connectivity index (χ0n) is 6.35. The van der Waals surface area contributed by atoms with Gasteiger partial charge in [-0.2, -0.15) is 0 Å². The van der Waals surface area contributed by atoms with Gasteiger partial charge in [-0.1, -0.05) is 6.92 Å². The maximum Gasteiger partial charge on any atom is 0.508 e. The topological polar surface area (TPSA) is 35.5 Å². The van der Waals surface area contributed by atoms with Crippen LogP contribution in [0, 0.1) is 0 Å². The smallest absolute Gasteiger partial charge is 0.434 e. The highest BCUT2D eigenvalue weighted by Crippen LogP contribution is 2.24. The van der Waals surface area contributed by atoms with E-state index in [1.54, 1.807) is 0 Å². The fraction of sp³-hybridized carbons (Fsp3) is 0.857. The fourth-order valence-electron chi connectivity index (χ4n) is 0.881. The molecule has 1 aliphatic rings. The molecule has 10 heavy (non-hydrogen) atoms. The minimum atomic E-state index is -0.532. The number of rotatable bonds is 1. The highest BCUT2D eigenvalue weighted by atomic mass is 16.7. The van der Waals surface area contributed by atoms with Crippen molar-refractivity contribution in [3.63, 3.8) is 0 Å². The van der Waals surface area contributed by atoms with E-state index in [0.29, 0.717) is 6.61 Å². The molecule has 0 aliphatic carbocycles. The summed E-state index contributed by atoms with van der Waals surface area (Å²) >= 11 is 0. The number of carbonyl (C=O) groups is 1.